The molecule has 1 atom stereocenters. The van der Waals surface area contributed by atoms with E-state index in [1.165, 1.54) is 17.4 Å². The van der Waals surface area contributed by atoms with Crippen LogP contribution >= 0.6 is 11.3 Å². The monoisotopic (exact) mass is 431 g/mol. The van der Waals surface area contributed by atoms with Crippen molar-refractivity contribution >= 4 is 22.2 Å². The number of imidazole rings is 1. The van der Waals surface area contributed by atoms with Crippen LogP contribution in [0.25, 0.3) is 16.2 Å². The van der Waals surface area contributed by atoms with Crippen LogP contribution in [0.4, 0.5) is 13.2 Å². The number of nitrogens with one attached hydrogen (secondary N) is 1. The van der Waals surface area contributed by atoms with Crippen molar-refractivity contribution in [3.63, 3.8) is 0 Å². The Kier molecular flexibility index (Phi) is 5.25. The average molecular weight is 431 g/mol. The highest BCUT2D eigenvalue weighted by atomic mass is 32.1. The standard InChI is InChI=1S/C20H16F3N5OS/c1-12(7-15-9-24-5-6-25-15)26-18(29)17-11-30-19-27-16(10-28(17)19)13-3-2-4-14(8-13)20(21,22)23/h2-6,8-12H,7H2,1H3,(H,26,29)/t12-/m0/s1. The number of thiazole rings is 1. The maximum atomic E-state index is 13.0. The first-order valence-electron chi connectivity index (χ1n) is 9.01. The Morgan fingerprint density at radius 2 is 2.13 bits per heavy atom. The van der Waals surface area contributed by atoms with Gasteiger partial charge in [-0.3, -0.25) is 19.2 Å². The Hall–Kier alpha value is -3.27. The second-order valence-electron chi connectivity index (χ2n) is 6.75. The van der Waals surface area contributed by atoms with Crippen LogP contribution < -0.4 is 5.32 Å². The molecule has 0 saturated carbocycles. The summed E-state index contributed by atoms with van der Waals surface area (Å²) in [6.45, 7) is 1.86. The van der Waals surface area contributed by atoms with Crippen LogP contribution in [0.15, 0.2) is 54.4 Å². The Balaban J connectivity index is 1.55. The Bertz CT molecular complexity index is 1190. The first kappa shape index (κ1) is 20.0. The summed E-state index contributed by atoms with van der Waals surface area (Å²) < 4.78 is 40.6. The average Bonchev–Trinajstić information content (AvgIpc) is 3.29. The van der Waals surface area contributed by atoms with Gasteiger partial charge in [0.1, 0.15) is 5.69 Å². The van der Waals surface area contributed by atoms with E-state index in [1.807, 2.05) is 6.92 Å². The topological polar surface area (TPSA) is 72.2 Å². The minimum atomic E-state index is -4.43. The van der Waals surface area contributed by atoms with Crippen molar-refractivity contribution in [2.24, 2.45) is 0 Å². The van der Waals surface area contributed by atoms with E-state index in [9.17, 15) is 18.0 Å². The fourth-order valence-electron chi connectivity index (χ4n) is 3.04. The number of halogens is 3. The highest BCUT2D eigenvalue weighted by Gasteiger charge is 2.30. The van der Waals surface area contributed by atoms with Crippen molar-refractivity contribution in [2.75, 3.05) is 0 Å². The number of aromatic nitrogens is 4. The third-order valence-corrected chi connectivity index (χ3v) is 5.28. The van der Waals surface area contributed by atoms with Gasteiger partial charge in [0, 0.05) is 48.2 Å². The lowest BCUT2D eigenvalue weighted by Gasteiger charge is -2.12. The number of benzene rings is 1. The molecule has 154 valence electrons. The SMILES string of the molecule is C[C@@H](Cc1cnccn1)NC(=O)c1csc2nc(-c3cccc(C(F)(F)F)c3)cn12. The van der Waals surface area contributed by atoms with E-state index in [2.05, 4.69) is 20.3 Å². The predicted octanol–water partition coefficient (Wildman–Crippen LogP) is 4.23. The van der Waals surface area contributed by atoms with Gasteiger partial charge in [-0.2, -0.15) is 13.2 Å². The van der Waals surface area contributed by atoms with Gasteiger partial charge in [-0.05, 0) is 19.1 Å². The van der Waals surface area contributed by atoms with Crippen molar-refractivity contribution in [3.8, 4) is 11.3 Å². The Morgan fingerprint density at radius 1 is 1.30 bits per heavy atom. The molecule has 0 radical (unpaired) electrons. The first-order chi connectivity index (χ1) is 14.3. The molecule has 0 unspecified atom stereocenters. The van der Waals surface area contributed by atoms with Crippen molar-refractivity contribution in [1.82, 2.24) is 24.7 Å². The number of alkyl halides is 3. The molecule has 30 heavy (non-hydrogen) atoms. The molecule has 3 heterocycles. The Labute approximate surface area is 173 Å². The van der Waals surface area contributed by atoms with Crippen LogP contribution in [-0.2, 0) is 12.6 Å². The molecule has 0 aliphatic rings. The molecule has 1 amide bonds. The van der Waals surface area contributed by atoms with E-state index in [0.29, 0.717) is 28.3 Å². The molecule has 0 bridgehead atoms. The smallest absolute Gasteiger partial charge is 0.348 e. The normalized spacial score (nSPS) is 12.8. The molecule has 4 aromatic rings. The fraction of sp³-hybridized carbons (Fsp3) is 0.200. The van der Waals surface area contributed by atoms with Crippen LogP contribution in [0.3, 0.4) is 0 Å². The minimum absolute atomic E-state index is 0.185. The zero-order valence-electron chi connectivity index (χ0n) is 15.7. The summed E-state index contributed by atoms with van der Waals surface area (Å²) in [5, 5.41) is 4.57. The van der Waals surface area contributed by atoms with E-state index in [-0.39, 0.29) is 11.9 Å². The number of carbonyl (C=O) groups excluding carboxylic acids is 1. The number of hydrogen-bond acceptors (Lipinski definition) is 5. The van der Waals surface area contributed by atoms with Crippen molar-refractivity contribution in [3.05, 3.63) is 71.4 Å². The molecule has 4 rings (SSSR count). The van der Waals surface area contributed by atoms with Gasteiger partial charge in [-0.1, -0.05) is 12.1 Å². The number of nitrogens with zero attached hydrogens (tertiary/aromatic N) is 4. The van der Waals surface area contributed by atoms with Crippen LogP contribution in [0, 0.1) is 0 Å². The van der Waals surface area contributed by atoms with Crippen molar-refractivity contribution in [2.45, 2.75) is 25.6 Å². The van der Waals surface area contributed by atoms with Gasteiger partial charge in [0.25, 0.3) is 5.91 Å². The van der Waals surface area contributed by atoms with Crippen LogP contribution in [0.1, 0.15) is 28.7 Å². The largest absolute Gasteiger partial charge is 0.416 e. The molecule has 0 aliphatic carbocycles. The molecule has 0 saturated heterocycles. The molecule has 0 fully saturated rings. The Morgan fingerprint density at radius 3 is 2.87 bits per heavy atom. The quantitative estimate of drug-likeness (QED) is 0.513. The summed E-state index contributed by atoms with van der Waals surface area (Å²) in [7, 11) is 0. The first-order valence-corrected chi connectivity index (χ1v) is 9.89. The molecule has 0 spiro atoms. The lowest BCUT2D eigenvalue weighted by Crippen LogP contribution is -2.34. The van der Waals surface area contributed by atoms with Gasteiger partial charge >= 0.3 is 6.18 Å². The molecule has 1 aromatic carbocycles. The third-order valence-electron chi connectivity index (χ3n) is 4.44. The number of hydrogen-bond donors (Lipinski definition) is 1. The summed E-state index contributed by atoms with van der Waals surface area (Å²) in [5.41, 5.74) is 1.09. The molecular weight excluding hydrogens is 415 g/mol. The summed E-state index contributed by atoms with van der Waals surface area (Å²) in [6, 6.07) is 4.78. The maximum absolute atomic E-state index is 13.0. The van der Waals surface area contributed by atoms with E-state index in [0.717, 1.165) is 17.8 Å². The highest BCUT2D eigenvalue weighted by Crippen LogP contribution is 2.32. The molecule has 10 heteroatoms. The van der Waals surface area contributed by atoms with E-state index in [1.54, 1.807) is 40.6 Å². The molecule has 6 nitrogen and oxygen atoms in total. The number of rotatable bonds is 5. The second-order valence-corrected chi connectivity index (χ2v) is 7.59. The fourth-order valence-corrected chi connectivity index (χ4v) is 3.89. The summed E-state index contributed by atoms with van der Waals surface area (Å²) in [5.74, 6) is -0.300. The van der Waals surface area contributed by atoms with E-state index < -0.39 is 11.7 Å². The number of amides is 1. The second kappa shape index (κ2) is 7.86. The van der Waals surface area contributed by atoms with Crippen LogP contribution in [-0.4, -0.2) is 31.3 Å². The zero-order valence-corrected chi connectivity index (χ0v) is 16.5. The summed E-state index contributed by atoms with van der Waals surface area (Å²) in [4.78, 5) is 25.8. The van der Waals surface area contributed by atoms with Crippen molar-refractivity contribution < 1.29 is 18.0 Å². The van der Waals surface area contributed by atoms with E-state index in [4.69, 9.17) is 0 Å². The van der Waals surface area contributed by atoms with Gasteiger partial charge in [0.15, 0.2) is 4.96 Å². The summed E-state index contributed by atoms with van der Waals surface area (Å²) in [6.07, 6.45) is 2.47. The molecule has 1 N–H and O–H groups in total. The number of fused-ring (bicyclic) bond motifs is 1. The molecule has 3 aromatic heterocycles. The van der Waals surface area contributed by atoms with Gasteiger partial charge in [0.05, 0.1) is 17.0 Å². The van der Waals surface area contributed by atoms with Crippen molar-refractivity contribution in [1.29, 1.82) is 0 Å². The van der Waals surface area contributed by atoms with E-state index >= 15 is 0 Å². The lowest BCUT2D eigenvalue weighted by atomic mass is 10.1. The summed E-state index contributed by atoms with van der Waals surface area (Å²) >= 11 is 1.25. The maximum Gasteiger partial charge on any atom is 0.416 e. The molecule has 0 aliphatic heterocycles. The lowest BCUT2D eigenvalue weighted by molar-refractivity contribution is -0.137. The molecular formula is C20H16F3N5OS. The van der Waals surface area contributed by atoms with Gasteiger partial charge in [0.2, 0.25) is 0 Å². The van der Waals surface area contributed by atoms with Gasteiger partial charge < -0.3 is 5.32 Å². The van der Waals surface area contributed by atoms with Gasteiger partial charge in [-0.25, -0.2) is 4.98 Å². The highest BCUT2D eigenvalue weighted by molar-refractivity contribution is 7.15. The van der Waals surface area contributed by atoms with Gasteiger partial charge in [-0.15, -0.1) is 11.3 Å². The minimum Gasteiger partial charge on any atom is -0.348 e. The third kappa shape index (κ3) is 4.18. The van der Waals surface area contributed by atoms with Crippen LogP contribution in [0.5, 0.6) is 0 Å². The van der Waals surface area contributed by atoms with Crippen LogP contribution in [0.2, 0.25) is 0 Å². The zero-order chi connectivity index (χ0) is 21.3. The number of carbonyl (C=O) groups is 1. The predicted molar refractivity (Wildman–Crippen MR) is 106 cm³/mol.